The van der Waals surface area contributed by atoms with Crippen molar-refractivity contribution in [2.45, 2.75) is 39.5 Å². The number of pyridine rings is 1. The van der Waals surface area contributed by atoms with E-state index in [1.807, 2.05) is 36.5 Å². The van der Waals surface area contributed by atoms with E-state index in [2.05, 4.69) is 50.9 Å². The standard InChI is InChI=1S/C21H23NO/c1-14(2)16-10-11-18-19(12-16)20(15(3)4)13-22-21(18)23-17-8-6-5-7-9-17/h5-15H,1-4H3. The third kappa shape index (κ3) is 3.21. The summed E-state index contributed by atoms with van der Waals surface area (Å²) in [5.41, 5.74) is 2.61. The highest BCUT2D eigenvalue weighted by Gasteiger charge is 2.13. The van der Waals surface area contributed by atoms with Crippen molar-refractivity contribution in [1.82, 2.24) is 4.98 Å². The van der Waals surface area contributed by atoms with Crippen molar-refractivity contribution < 1.29 is 4.74 Å². The summed E-state index contributed by atoms with van der Waals surface area (Å²) in [6.07, 6.45) is 1.95. The first kappa shape index (κ1) is 15.5. The molecule has 0 N–H and O–H groups in total. The van der Waals surface area contributed by atoms with E-state index in [1.165, 1.54) is 16.5 Å². The Morgan fingerprint density at radius 2 is 1.57 bits per heavy atom. The van der Waals surface area contributed by atoms with Crippen LogP contribution < -0.4 is 4.74 Å². The minimum atomic E-state index is 0.429. The van der Waals surface area contributed by atoms with Crippen molar-refractivity contribution in [3.8, 4) is 11.6 Å². The summed E-state index contributed by atoms with van der Waals surface area (Å²) < 4.78 is 6.02. The predicted molar refractivity (Wildman–Crippen MR) is 96.4 cm³/mol. The van der Waals surface area contributed by atoms with E-state index in [4.69, 9.17) is 4.74 Å². The first-order chi connectivity index (χ1) is 11.1. The Bertz CT molecular complexity index is 807. The fraction of sp³-hybridized carbons (Fsp3) is 0.286. The van der Waals surface area contributed by atoms with Gasteiger partial charge in [0.05, 0.1) is 0 Å². The van der Waals surface area contributed by atoms with Crippen LogP contribution in [0.15, 0.2) is 54.7 Å². The second kappa shape index (κ2) is 6.41. The van der Waals surface area contributed by atoms with E-state index in [-0.39, 0.29) is 0 Å². The molecule has 0 amide bonds. The van der Waals surface area contributed by atoms with Crippen molar-refractivity contribution in [3.63, 3.8) is 0 Å². The Kier molecular flexibility index (Phi) is 4.33. The molecule has 2 aromatic carbocycles. The van der Waals surface area contributed by atoms with Gasteiger partial charge in [0, 0.05) is 11.6 Å². The summed E-state index contributed by atoms with van der Waals surface area (Å²) in [7, 11) is 0. The monoisotopic (exact) mass is 305 g/mol. The van der Waals surface area contributed by atoms with Gasteiger partial charge in [0.1, 0.15) is 5.75 Å². The SMILES string of the molecule is CC(C)c1ccc2c(Oc3ccccc3)ncc(C(C)C)c2c1. The average molecular weight is 305 g/mol. The first-order valence-corrected chi connectivity index (χ1v) is 8.21. The molecule has 0 fully saturated rings. The zero-order chi connectivity index (χ0) is 16.4. The van der Waals surface area contributed by atoms with Crippen LogP contribution in [0.5, 0.6) is 11.6 Å². The minimum absolute atomic E-state index is 0.429. The lowest BCUT2D eigenvalue weighted by Gasteiger charge is -2.15. The quantitative estimate of drug-likeness (QED) is 0.566. The van der Waals surface area contributed by atoms with Crippen LogP contribution in [0.2, 0.25) is 0 Å². The van der Waals surface area contributed by atoms with E-state index in [1.54, 1.807) is 0 Å². The van der Waals surface area contributed by atoms with Gasteiger partial charge < -0.3 is 4.74 Å². The van der Waals surface area contributed by atoms with Crippen molar-refractivity contribution >= 4 is 10.8 Å². The molecule has 0 radical (unpaired) electrons. The molecule has 0 aliphatic carbocycles. The Labute approximate surface area is 138 Å². The number of aromatic nitrogens is 1. The maximum absolute atomic E-state index is 6.02. The molecule has 0 atom stereocenters. The molecule has 0 saturated carbocycles. The second-order valence-electron chi connectivity index (χ2n) is 6.55. The highest BCUT2D eigenvalue weighted by Crippen LogP contribution is 2.34. The average Bonchev–Trinajstić information content (AvgIpc) is 2.55. The molecule has 2 heteroatoms. The second-order valence-corrected chi connectivity index (χ2v) is 6.55. The zero-order valence-corrected chi connectivity index (χ0v) is 14.2. The maximum atomic E-state index is 6.02. The van der Waals surface area contributed by atoms with Crippen LogP contribution in [0, 0.1) is 0 Å². The number of para-hydroxylation sites is 1. The Hall–Kier alpha value is -2.35. The van der Waals surface area contributed by atoms with Crippen LogP contribution >= 0.6 is 0 Å². The molecular formula is C21H23NO. The zero-order valence-electron chi connectivity index (χ0n) is 14.2. The molecule has 0 saturated heterocycles. The molecule has 1 heterocycles. The third-order valence-corrected chi connectivity index (χ3v) is 4.15. The van der Waals surface area contributed by atoms with Gasteiger partial charge in [-0.25, -0.2) is 4.98 Å². The van der Waals surface area contributed by atoms with Crippen LogP contribution in [-0.2, 0) is 0 Å². The van der Waals surface area contributed by atoms with Gasteiger partial charge in [0.2, 0.25) is 5.88 Å². The van der Waals surface area contributed by atoms with Gasteiger partial charge in [0.25, 0.3) is 0 Å². The molecular weight excluding hydrogens is 282 g/mol. The number of ether oxygens (including phenoxy) is 1. The molecule has 0 bridgehead atoms. The largest absolute Gasteiger partial charge is 0.438 e. The smallest absolute Gasteiger partial charge is 0.227 e. The highest BCUT2D eigenvalue weighted by molar-refractivity contribution is 5.90. The summed E-state index contributed by atoms with van der Waals surface area (Å²) in [5.74, 6) is 2.42. The molecule has 1 aromatic heterocycles. The molecule has 23 heavy (non-hydrogen) atoms. The minimum Gasteiger partial charge on any atom is -0.438 e. The van der Waals surface area contributed by atoms with Gasteiger partial charge in [0.15, 0.2) is 0 Å². The molecule has 3 rings (SSSR count). The van der Waals surface area contributed by atoms with Crippen molar-refractivity contribution in [1.29, 1.82) is 0 Å². The van der Waals surface area contributed by atoms with Crippen molar-refractivity contribution in [2.75, 3.05) is 0 Å². The molecule has 2 nitrogen and oxygen atoms in total. The Morgan fingerprint density at radius 1 is 0.826 bits per heavy atom. The highest BCUT2D eigenvalue weighted by atomic mass is 16.5. The number of nitrogens with zero attached hydrogens (tertiary/aromatic N) is 1. The lowest BCUT2D eigenvalue weighted by Crippen LogP contribution is -1.97. The van der Waals surface area contributed by atoms with Crippen LogP contribution in [0.4, 0.5) is 0 Å². The first-order valence-electron chi connectivity index (χ1n) is 8.21. The van der Waals surface area contributed by atoms with Crippen LogP contribution in [0.1, 0.15) is 50.7 Å². The van der Waals surface area contributed by atoms with Gasteiger partial charge in [-0.1, -0.05) is 58.0 Å². The summed E-state index contributed by atoms with van der Waals surface area (Å²) in [6, 6.07) is 16.4. The van der Waals surface area contributed by atoms with Crippen molar-refractivity contribution in [3.05, 3.63) is 65.9 Å². The predicted octanol–water partition coefficient (Wildman–Crippen LogP) is 6.27. The van der Waals surface area contributed by atoms with E-state index in [9.17, 15) is 0 Å². The topological polar surface area (TPSA) is 22.1 Å². The third-order valence-electron chi connectivity index (χ3n) is 4.15. The van der Waals surface area contributed by atoms with E-state index in [0.29, 0.717) is 17.7 Å². The summed E-state index contributed by atoms with van der Waals surface area (Å²) in [6.45, 7) is 8.85. The molecule has 118 valence electrons. The van der Waals surface area contributed by atoms with Crippen molar-refractivity contribution in [2.24, 2.45) is 0 Å². The van der Waals surface area contributed by atoms with Crippen LogP contribution in [0.25, 0.3) is 10.8 Å². The van der Waals surface area contributed by atoms with Crippen LogP contribution in [-0.4, -0.2) is 4.98 Å². The fourth-order valence-electron chi connectivity index (χ4n) is 2.76. The maximum Gasteiger partial charge on any atom is 0.227 e. The Balaban J connectivity index is 2.15. The Morgan fingerprint density at radius 3 is 2.22 bits per heavy atom. The number of rotatable bonds is 4. The number of benzene rings is 2. The molecule has 3 aromatic rings. The summed E-state index contributed by atoms with van der Waals surface area (Å²) in [5, 5.41) is 2.32. The van der Waals surface area contributed by atoms with Gasteiger partial charge >= 0.3 is 0 Å². The lowest BCUT2D eigenvalue weighted by molar-refractivity contribution is 0.469. The molecule has 0 unspecified atom stereocenters. The van der Waals surface area contributed by atoms with Gasteiger partial charge in [-0.3, -0.25) is 0 Å². The summed E-state index contributed by atoms with van der Waals surface area (Å²) >= 11 is 0. The number of hydrogen-bond donors (Lipinski definition) is 0. The molecule has 0 aliphatic rings. The molecule has 0 spiro atoms. The van der Waals surface area contributed by atoms with Gasteiger partial charge in [-0.2, -0.15) is 0 Å². The lowest BCUT2D eigenvalue weighted by atomic mass is 9.94. The fourth-order valence-corrected chi connectivity index (χ4v) is 2.76. The normalized spacial score (nSPS) is 11.4. The number of fused-ring (bicyclic) bond motifs is 1. The van der Waals surface area contributed by atoms with Gasteiger partial charge in [-0.05, 0) is 46.5 Å². The molecule has 0 aliphatic heterocycles. The van der Waals surface area contributed by atoms with Gasteiger partial charge in [-0.15, -0.1) is 0 Å². The van der Waals surface area contributed by atoms with E-state index in [0.717, 1.165) is 11.1 Å². The van der Waals surface area contributed by atoms with E-state index >= 15 is 0 Å². The van der Waals surface area contributed by atoms with E-state index < -0.39 is 0 Å². The summed E-state index contributed by atoms with van der Waals surface area (Å²) in [4.78, 5) is 4.58. The van der Waals surface area contributed by atoms with Crippen LogP contribution in [0.3, 0.4) is 0 Å². The number of hydrogen-bond acceptors (Lipinski definition) is 2.